The van der Waals surface area contributed by atoms with E-state index in [-0.39, 0.29) is 0 Å². The fourth-order valence-corrected chi connectivity index (χ4v) is 5.19. The molecule has 6 nitrogen and oxygen atoms in total. The summed E-state index contributed by atoms with van der Waals surface area (Å²) in [7, 11) is 8.35. The van der Waals surface area contributed by atoms with Gasteiger partial charge in [0.2, 0.25) is 0 Å². The van der Waals surface area contributed by atoms with Gasteiger partial charge in [-0.05, 0) is 48.2 Å². The molecule has 184 valence electrons. The molecule has 0 saturated heterocycles. The molecule has 3 aromatic rings. The van der Waals surface area contributed by atoms with Crippen LogP contribution in [-0.2, 0) is 12.8 Å². The summed E-state index contributed by atoms with van der Waals surface area (Å²) in [6.07, 6.45) is 6.24. The van der Waals surface area contributed by atoms with E-state index in [0.717, 1.165) is 52.1 Å². The van der Waals surface area contributed by atoms with Crippen LogP contribution in [0.4, 0.5) is 28.4 Å². The first-order valence-electron chi connectivity index (χ1n) is 12.7. The average Bonchev–Trinajstić information content (AvgIpc) is 2.88. The molecule has 0 spiro atoms. The molecule has 0 N–H and O–H groups in total. The van der Waals surface area contributed by atoms with Crippen molar-refractivity contribution in [2.45, 2.75) is 12.8 Å². The fraction of sp³-hybridized carbons (Fsp3) is 0.414. The molecule has 0 aliphatic carbocycles. The Bertz CT molecular complexity index is 1040. The molecule has 0 bridgehead atoms. The van der Waals surface area contributed by atoms with Gasteiger partial charge in [-0.15, -0.1) is 0 Å². The van der Waals surface area contributed by atoms with Crippen molar-refractivity contribution < 1.29 is 0 Å². The van der Waals surface area contributed by atoms with Crippen LogP contribution in [0.3, 0.4) is 0 Å². The molecule has 35 heavy (non-hydrogen) atoms. The molecule has 3 heterocycles. The Kier molecular flexibility index (Phi) is 6.71. The van der Waals surface area contributed by atoms with Crippen LogP contribution in [0.15, 0.2) is 60.9 Å². The minimum Gasteiger partial charge on any atom is -0.378 e. The summed E-state index contributed by atoms with van der Waals surface area (Å²) in [5.41, 5.74) is 9.23. The van der Waals surface area contributed by atoms with E-state index in [2.05, 4.69) is 119 Å². The highest BCUT2D eigenvalue weighted by Gasteiger charge is 2.31. The van der Waals surface area contributed by atoms with Crippen molar-refractivity contribution in [3.8, 4) is 0 Å². The number of anilines is 5. The Hall–Kier alpha value is -3.41. The van der Waals surface area contributed by atoms with Crippen molar-refractivity contribution in [3.05, 3.63) is 72.1 Å². The highest BCUT2D eigenvalue weighted by atomic mass is 15.3. The van der Waals surface area contributed by atoms with Gasteiger partial charge >= 0.3 is 0 Å². The van der Waals surface area contributed by atoms with Gasteiger partial charge in [-0.2, -0.15) is 0 Å². The summed E-state index contributed by atoms with van der Waals surface area (Å²) in [4.78, 5) is 16.6. The van der Waals surface area contributed by atoms with Crippen molar-refractivity contribution >= 4 is 28.4 Å². The third-order valence-corrected chi connectivity index (χ3v) is 7.40. The largest absolute Gasteiger partial charge is 0.378 e. The lowest BCUT2D eigenvalue weighted by Gasteiger charge is -2.45. The van der Waals surface area contributed by atoms with Crippen molar-refractivity contribution in [1.29, 1.82) is 0 Å². The van der Waals surface area contributed by atoms with Crippen molar-refractivity contribution in [2.75, 3.05) is 92.0 Å². The van der Waals surface area contributed by atoms with Crippen LogP contribution in [0.5, 0.6) is 0 Å². The summed E-state index contributed by atoms with van der Waals surface area (Å²) >= 11 is 0. The monoisotopic (exact) mass is 470 g/mol. The molecule has 0 saturated carbocycles. The normalized spacial score (nSPS) is 14.7. The summed E-state index contributed by atoms with van der Waals surface area (Å²) in [6.45, 7) is 6.34. The van der Waals surface area contributed by atoms with Gasteiger partial charge in [-0.1, -0.05) is 24.3 Å². The first-order valence-corrected chi connectivity index (χ1v) is 12.7. The molecule has 0 amide bonds. The topological polar surface area (TPSA) is 29.1 Å². The first kappa shape index (κ1) is 23.3. The van der Waals surface area contributed by atoms with Crippen molar-refractivity contribution in [3.63, 3.8) is 0 Å². The smallest absolute Gasteiger partial charge is 0.0875 e. The molecular weight excluding hydrogens is 432 g/mol. The van der Waals surface area contributed by atoms with Gasteiger partial charge in [0.15, 0.2) is 0 Å². The van der Waals surface area contributed by atoms with Gasteiger partial charge in [-0.25, -0.2) is 0 Å². The van der Waals surface area contributed by atoms with Gasteiger partial charge in [0, 0.05) is 78.8 Å². The van der Waals surface area contributed by atoms with E-state index in [1.165, 1.54) is 39.6 Å². The summed E-state index contributed by atoms with van der Waals surface area (Å²) < 4.78 is 0. The number of hydrogen-bond acceptors (Lipinski definition) is 6. The molecule has 0 fully saturated rings. The number of nitrogens with zero attached hydrogens (tertiary/aromatic N) is 6. The van der Waals surface area contributed by atoms with E-state index in [1.807, 2.05) is 0 Å². The van der Waals surface area contributed by atoms with Crippen LogP contribution in [-0.4, -0.2) is 72.4 Å². The molecule has 0 radical (unpaired) electrons. The maximum atomic E-state index is 4.69. The number of rotatable bonds is 8. The Morgan fingerprint density at radius 3 is 1.46 bits per heavy atom. The Morgan fingerprint density at radius 1 is 0.629 bits per heavy atom. The van der Waals surface area contributed by atoms with Crippen molar-refractivity contribution in [2.24, 2.45) is 0 Å². The molecule has 5 rings (SSSR count). The van der Waals surface area contributed by atoms with Crippen molar-refractivity contribution in [1.82, 2.24) is 4.98 Å². The number of pyridine rings is 1. The number of benzene rings is 2. The van der Waals surface area contributed by atoms with Crippen LogP contribution in [0, 0.1) is 0 Å². The molecule has 1 aromatic heterocycles. The van der Waals surface area contributed by atoms with Gasteiger partial charge < -0.3 is 24.5 Å². The lowest BCUT2D eigenvalue weighted by molar-refractivity contribution is 0.647. The minimum atomic E-state index is 1.02. The zero-order valence-electron chi connectivity index (χ0n) is 21.6. The Balaban J connectivity index is 1.28. The maximum absolute atomic E-state index is 4.69. The molecule has 0 unspecified atom stereocenters. The quantitative estimate of drug-likeness (QED) is 0.491. The van der Waals surface area contributed by atoms with Crippen LogP contribution < -0.4 is 24.5 Å². The van der Waals surface area contributed by atoms with Gasteiger partial charge in [-0.3, -0.25) is 4.98 Å². The van der Waals surface area contributed by atoms with E-state index < -0.39 is 0 Å². The van der Waals surface area contributed by atoms with Crippen LogP contribution >= 0.6 is 0 Å². The third kappa shape index (κ3) is 5.02. The van der Waals surface area contributed by atoms with Gasteiger partial charge in [0.05, 0.1) is 29.5 Å². The first-order chi connectivity index (χ1) is 17.0. The standard InChI is InChI=1S/C29H38N6/c1-31(2)25-9-5-23(6-10-25)13-15-33-17-19-35-20-18-34(28-22-30-21-27(33)29(28)35)16-14-24-7-11-26(12-8-24)32(3)4/h5-12,21-22H,13-20H2,1-4H3. The lowest BCUT2D eigenvalue weighted by atomic mass is 10.1. The molecule has 0 atom stereocenters. The molecule has 6 heteroatoms. The SMILES string of the molecule is CN(C)c1ccc(CCN2CCN3CCN(CCc4ccc(N(C)C)cc4)c4cncc2c43)cc1. The van der Waals surface area contributed by atoms with E-state index in [4.69, 9.17) is 0 Å². The highest BCUT2D eigenvalue weighted by Crippen LogP contribution is 2.42. The molecular formula is C29H38N6. The lowest BCUT2D eigenvalue weighted by Crippen LogP contribution is -2.49. The minimum absolute atomic E-state index is 1.02. The van der Waals surface area contributed by atoms with Crippen LogP contribution in [0.2, 0.25) is 0 Å². The van der Waals surface area contributed by atoms with Crippen LogP contribution in [0.1, 0.15) is 11.1 Å². The number of aromatic nitrogens is 1. The average molecular weight is 471 g/mol. The predicted molar refractivity (Wildman–Crippen MR) is 150 cm³/mol. The number of hydrogen-bond donors (Lipinski definition) is 0. The summed E-state index contributed by atoms with van der Waals surface area (Å²) in [5, 5.41) is 0. The van der Waals surface area contributed by atoms with E-state index in [9.17, 15) is 0 Å². The maximum Gasteiger partial charge on any atom is 0.0875 e. The second-order valence-electron chi connectivity index (χ2n) is 10.1. The molecule has 2 aliphatic heterocycles. The summed E-state index contributed by atoms with van der Waals surface area (Å²) in [5.74, 6) is 0. The van der Waals surface area contributed by atoms with Gasteiger partial charge in [0.1, 0.15) is 0 Å². The second kappa shape index (κ2) is 10.1. The second-order valence-corrected chi connectivity index (χ2v) is 10.1. The van der Waals surface area contributed by atoms with Crippen LogP contribution in [0.25, 0.3) is 0 Å². The summed E-state index contributed by atoms with van der Waals surface area (Å²) in [6, 6.07) is 17.9. The van der Waals surface area contributed by atoms with E-state index >= 15 is 0 Å². The van der Waals surface area contributed by atoms with E-state index in [1.54, 1.807) is 0 Å². The van der Waals surface area contributed by atoms with Gasteiger partial charge in [0.25, 0.3) is 0 Å². The fourth-order valence-electron chi connectivity index (χ4n) is 5.19. The predicted octanol–water partition coefficient (Wildman–Crippen LogP) is 4.15. The molecule has 2 aliphatic rings. The highest BCUT2D eigenvalue weighted by molar-refractivity contribution is 5.86. The Morgan fingerprint density at radius 2 is 1.06 bits per heavy atom. The van der Waals surface area contributed by atoms with E-state index in [0.29, 0.717) is 0 Å². The third-order valence-electron chi connectivity index (χ3n) is 7.40. The zero-order chi connectivity index (χ0) is 24.4. The zero-order valence-corrected chi connectivity index (χ0v) is 21.6. The molecule has 2 aromatic carbocycles. The Labute approximate surface area is 210 Å².